The lowest BCUT2D eigenvalue weighted by Gasteiger charge is -2.28. The fourth-order valence-electron chi connectivity index (χ4n) is 2.00. The van der Waals surface area contributed by atoms with Gasteiger partial charge >= 0.3 is 0 Å². The molecule has 1 atom stereocenters. The van der Waals surface area contributed by atoms with Gasteiger partial charge in [-0.05, 0) is 38.9 Å². The van der Waals surface area contributed by atoms with Gasteiger partial charge in [-0.1, -0.05) is 11.6 Å². The van der Waals surface area contributed by atoms with E-state index in [0.29, 0.717) is 6.04 Å². The number of hydrogen-bond donors (Lipinski definition) is 1. The smallest absolute Gasteiger partial charge is 0.116 e. The lowest BCUT2D eigenvalue weighted by molar-refractivity contribution is 0.270. The number of likely N-dealkylation sites (N-methyl/N-ethyl adjacent to an activating group) is 1. The Bertz CT molecular complexity index is 346. The molecule has 0 saturated carbocycles. The van der Waals surface area contributed by atoms with E-state index in [1.807, 2.05) is 0 Å². The van der Waals surface area contributed by atoms with E-state index in [9.17, 15) is 0 Å². The van der Waals surface area contributed by atoms with Crippen LogP contribution in [0.15, 0.2) is 0 Å². The van der Waals surface area contributed by atoms with Crippen molar-refractivity contribution in [3.05, 3.63) is 14.8 Å². The van der Waals surface area contributed by atoms with Crippen molar-refractivity contribution in [1.82, 2.24) is 4.90 Å². The summed E-state index contributed by atoms with van der Waals surface area (Å²) in [4.78, 5) is 3.67. The van der Waals surface area contributed by atoms with E-state index >= 15 is 0 Å². The molecule has 4 heteroatoms. The van der Waals surface area contributed by atoms with E-state index < -0.39 is 0 Å². The van der Waals surface area contributed by atoms with Gasteiger partial charge in [-0.15, -0.1) is 11.3 Å². The third kappa shape index (κ3) is 1.64. The van der Waals surface area contributed by atoms with Crippen LogP contribution in [-0.4, -0.2) is 25.0 Å². The highest BCUT2D eigenvalue weighted by Gasteiger charge is 2.24. The number of hydrogen-bond acceptors (Lipinski definition) is 3. The summed E-state index contributed by atoms with van der Waals surface area (Å²) < 4.78 is 0.773. The number of thiophene rings is 1. The van der Waals surface area contributed by atoms with Crippen LogP contribution in [0.4, 0.5) is 5.69 Å². The average Bonchev–Trinajstić information content (AvgIpc) is 2.42. The fourth-order valence-corrected chi connectivity index (χ4v) is 3.45. The van der Waals surface area contributed by atoms with Gasteiger partial charge in [0.1, 0.15) is 4.34 Å². The third-order valence-corrected chi connectivity index (χ3v) is 4.46. The van der Waals surface area contributed by atoms with Gasteiger partial charge in [0.05, 0.1) is 5.69 Å². The molecule has 0 bridgehead atoms. The fraction of sp³-hybridized carbons (Fsp3) is 0.600. The molecule has 1 aliphatic carbocycles. The van der Waals surface area contributed by atoms with Crippen LogP contribution < -0.4 is 5.73 Å². The molecule has 1 heterocycles. The minimum atomic E-state index is 0.650. The van der Waals surface area contributed by atoms with Crippen molar-refractivity contribution in [3.63, 3.8) is 0 Å². The van der Waals surface area contributed by atoms with Gasteiger partial charge in [-0.25, -0.2) is 0 Å². The highest BCUT2D eigenvalue weighted by atomic mass is 35.5. The molecule has 0 aliphatic heterocycles. The lowest BCUT2D eigenvalue weighted by Crippen LogP contribution is -2.32. The van der Waals surface area contributed by atoms with Crippen LogP contribution in [0, 0.1) is 0 Å². The number of nitrogens with two attached hydrogens (primary N) is 1. The van der Waals surface area contributed by atoms with Gasteiger partial charge in [-0.3, -0.25) is 0 Å². The first-order chi connectivity index (χ1) is 6.59. The Morgan fingerprint density at radius 2 is 2.21 bits per heavy atom. The van der Waals surface area contributed by atoms with Gasteiger partial charge < -0.3 is 10.6 Å². The van der Waals surface area contributed by atoms with Crippen LogP contribution in [0.2, 0.25) is 4.34 Å². The van der Waals surface area contributed by atoms with Crippen LogP contribution in [0.3, 0.4) is 0 Å². The number of nitrogen functional groups attached to an aromatic ring is 1. The van der Waals surface area contributed by atoms with Crippen LogP contribution in [-0.2, 0) is 12.8 Å². The highest BCUT2D eigenvalue weighted by Crippen LogP contribution is 2.39. The lowest BCUT2D eigenvalue weighted by atomic mass is 9.93. The Morgan fingerprint density at radius 3 is 2.86 bits per heavy atom. The second kappa shape index (κ2) is 3.72. The van der Waals surface area contributed by atoms with Crippen molar-refractivity contribution in [2.75, 3.05) is 19.8 Å². The average molecular weight is 231 g/mol. The highest BCUT2D eigenvalue weighted by molar-refractivity contribution is 7.17. The largest absolute Gasteiger partial charge is 0.397 e. The monoisotopic (exact) mass is 230 g/mol. The van der Waals surface area contributed by atoms with E-state index in [1.54, 1.807) is 11.3 Å². The summed E-state index contributed by atoms with van der Waals surface area (Å²) in [6.45, 7) is 0. The molecular weight excluding hydrogens is 216 g/mol. The van der Waals surface area contributed by atoms with E-state index in [4.69, 9.17) is 17.3 Å². The maximum absolute atomic E-state index is 6.03. The molecule has 1 aromatic heterocycles. The second-order valence-corrected chi connectivity index (χ2v) is 5.76. The molecule has 0 spiro atoms. The summed E-state index contributed by atoms with van der Waals surface area (Å²) in [6, 6.07) is 0.650. The maximum Gasteiger partial charge on any atom is 0.116 e. The van der Waals surface area contributed by atoms with E-state index in [0.717, 1.165) is 22.9 Å². The van der Waals surface area contributed by atoms with Crippen LogP contribution in [0.1, 0.15) is 16.9 Å². The molecule has 2 rings (SSSR count). The Kier molecular flexibility index (Phi) is 2.73. The summed E-state index contributed by atoms with van der Waals surface area (Å²) in [7, 11) is 4.27. The van der Waals surface area contributed by atoms with Crippen molar-refractivity contribution in [2.45, 2.75) is 25.3 Å². The number of halogens is 1. The Morgan fingerprint density at radius 1 is 1.50 bits per heavy atom. The Labute approximate surface area is 93.7 Å². The maximum atomic E-state index is 6.03. The second-order valence-electron chi connectivity index (χ2n) is 4.05. The first kappa shape index (κ1) is 10.3. The molecule has 1 aliphatic rings. The Balaban J connectivity index is 2.27. The molecule has 0 aromatic carbocycles. The SMILES string of the molecule is CN(C)C1CCc2c(sc(Cl)c2N)C1. The zero-order chi connectivity index (χ0) is 10.3. The first-order valence-corrected chi connectivity index (χ1v) is 6.01. The molecule has 78 valence electrons. The molecule has 1 aromatic rings. The van der Waals surface area contributed by atoms with Crippen LogP contribution >= 0.6 is 22.9 Å². The van der Waals surface area contributed by atoms with Crippen molar-refractivity contribution < 1.29 is 0 Å². The zero-order valence-corrected chi connectivity index (χ0v) is 10.1. The van der Waals surface area contributed by atoms with Gasteiger partial charge in [0.15, 0.2) is 0 Å². The minimum Gasteiger partial charge on any atom is -0.397 e. The third-order valence-electron chi connectivity index (χ3n) is 2.97. The van der Waals surface area contributed by atoms with Gasteiger partial charge in [0, 0.05) is 10.9 Å². The normalized spacial score (nSPS) is 21.3. The summed E-state index contributed by atoms with van der Waals surface area (Å²) >= 11 is 7.68. The summed E-state index contributed by atoms with van der Waals surface area (Å²) in [5, 5.41) is 0. The zero-order valence-electron chi connectivity index (χ0n) is 8.51. The molecule has 2 N–H and O–H groups in total. The topological polar surface area (TPSA) is 29.3 Å². The molecule has 14 heavy (non-hydrogen) atoms. The molecule has 1 unspecified atom stereocenters. The molecule has 2 nitrogen and oxygen atoms in total. The van der Waals surface area contributed by atoms with E-state index in [2.05, 4.69) is 19.0 Å². The summed E-state index contributed by atoms with van der Waals surface area (Å²) in [5.74, 6) is 0. The number of anilines is 1. The van der Waals surface area contributed by atoms with E-state index in [1.165, 1.54) is 16.9 Å². The molecule has 0 fully saturated rings. The number of nitrogens with zero attached hydrogens (tertiary/aromatic N) is 1. The first-order valence-electron chi connectivity index (χ1n) is 4.81. The molecule has 0 amide bonds. The van der Waals surface area contributed by atoms with Gasteiger partial charge in [0.2, 0.25) is 0 Å². The van der Waals surface area contributed by atoms with Crippen molar-refractivity contribution >= 4 is 28.6 Å². The number of rotatable bonds is 1. The predicted octanol–water partition coefficient (Wildman–Crippen LogP) is 2.40. The minimum absolute atomic E-state index is 0.650. The summed E-state index contributed by atoms with van der Waals surface area (Å²) in [6.07, 6.45) is 3.37. The number of fused-ring (bicyclic) bond motifs is 1. The Hall–Kier alpha value is -0.250. The predicted molar refractivity (Wildman–Crippen MR) is 63.2 cm³/mol. The van der Waals surface area contributed by atoms with Crippen molar-refractivity contribution in [1.29, 1.82) is 0 Å². The van der Waals surface area contributed by atoms with Crippen LogP contribution in [0.25, 0.3) is 0 Å². The quantitative estimate of drug-likeness (QED) is 0.803. The van der Waals surface area contributed by atoms with Crippen LogP contribution in [0.5, 0.6) is 0 Å². The molecule has 0 radical (unpaired) electrons. The standard InChI is InChI=1S/C10H15ClN2S/c1-13(2)6-3-4-7-8(5-6)14-10(11)9(7)12/h6H,3-5,12H2,1-2H3. The van der Waals surface area contributed by atoms with Crippen molar-refractivity contribution in [3.8, 4) is 0 Å². The molecule has 0 saturated heterocycles. The van der Waals surface area contributed by atoms with Gasteiger partial charge in [0.25, 0.3) is 0 Å². The van der Waals surface area contributed by atoms with E-state index in [-0.39, 0.29) is 0 Å². The van der Waals surface area contributed by atoms with Crippen molar-refractivity contribution in [2.24, 2.45) is 0 Å². The summed E-state index contributed by atoms with van der Waals surface area (Å²) in [5.41, 5.74) is 8.04. The van der Waals surface area contributed by atoms with Gasteiger partial charge in [-0.2, -0.15) is 0 Å². The molecular formula is C10H15ClN2S.